The molecular formula is C22H25N5O. The van der Waals surface area contributed by atoms with Crippen LogP contribution in [0.4, 0.5) is 0 Å². The van der Waals surface area contributed by atoms with E-state index in [4.69, 9.17) is 4.84 Å². The molecule has 1 N–H and O–H groups in total. The van der Waals surface area contributed by atoms with Crippen LogP contribution in [0.5, 0.6) is 0 Å². The number of para-hydroxylation sites is 1. The average molecular weight is 375 g/mol. The molecule has 1 fully saturated rings. The zero-order valence-electron chi connectivity index (χ0n) is 16.2. The van der Waals surface area contributed by atoms with Crippen molar-refractivity contribution >= 4 is 16.4 Å². The van der Waals surface area contributed by atoms with Crippen molar-refractivity contribution in [3.8, 4) is 0 Å². The molecule has 1 saturated heterocycles. The topological polar surface area (TPSA) is 54.7 Å². The van der Waals surface area contributed by atoms with Gasteiger partial charge in [-0.15, -0.1) is 0 Å². The Bertz CT molecular complexity index is 1080. The number of hydrogen-bond acceptors (Lipinski definition) is 5. The fourth-order valence-electron chi connectivity index (χ4n) is 4.15. The third kappa shape index (κ3) is 3.14. The lowest BCUT2D eigenvalue weighted by molar-refractivity contribution is 0.0459. The summed E-state index contributed by atoms with van der Waals surface area (Å²) >= 11 is 0. The van der Waals surface area contributed by atoms with Crippen molar-refractivity contribution < 1.29 is 4.84 Å². The highest BCUT2D eigenvalue weighted by Crippen LogP contribution is 2.25. The minimum Gasteiger partial charge on any atom is -0.370 e. The Hall–Kier alpha value is -2.86. The van der Waals surface area contributed by atoms with Gasteiger partial charge in [0.2, 0.25) is 0 Å². The molecule has 28 heavy (non-hydrogen) atoms. The minimum absolute atomic E-state index is 0.403. The van der Waals surface area contributed by atoms with Crippen molar-refractivity contribution in [2.24, 2.45) is 0 Å². The Balaban J connectivity index is 1.32. The molecule has 0 bridgehead atoms. The second-order valence-electron chi connectivity index (χ2n) is 7.48. The molecule has 6 heteroatoms. The number of benzene rings is 1. The van der Waals surface area contributed by atoms with Crippen LogP contribution >= 0.6 is 0 Å². The van der Waals surface area contributed by atoms with Gasteiger partial charge in [0.1, 0.15) is 12.4 Å². The van der Waals surface area contributed by atoms with Crippen LogP contribution in [-0.4, -0.2) is 32.6 Å². The molecule has 144 valence electrons. The van der Waals surface area contributed by atoms with Crippen molar-refractivity contribution in [2.75, 3.05) is 13.1 Å². The molecule has 3 heterocycles. The van der Waals surface area contributed by atoms with Crippen molar-refractivity contribution in [1.82, 2.24) is 25.0 Å². The van der Waals surface area contributed by atoms with E-state index >= 15 is 0 Å². The molecule has 0 saturated carbocycles. The van der Waals surface area contributed by atoms with E-state index in [0.717, 1.165) is 59.6 Å². The molecule has 2 aromatic heterocycles. The van der Waals surface area contributed by atoms with Gasteiger partial charge >= 0.3 is 0 Å². The third-order valence-electron chi connectivity index (χ3n) is 5.51. The monoisotopic (exact) mass is 375 g/mol. The van der Waals surface area contributed by atoms with E-state index in [0.29, 0.717) is 6.61 Å². The van der Waals surface area contributed by atoms with Gasteiger partial charge in [-0.2, -0.15) is 5.10 Å². The van der Waals surface area contributed by atoms with E-state index < -0.39 is 0 Å². The summed E-state index contributed by atoms with van der Waals surface area (Å²) in [6, 6.07) is 10.3. The Kier molecular flexibility index (Phi) is 4.49. The second kappa shape index (κ2) is 7.28. The number of hydrogen-bond donors (Lipinski definition) is 1. The van der Waals surface area contributed by atoms with Crippen LogP contribution in [0.25, 0.3) is 16.4 Å². The van der Waals surface area contributed by atoms with E-state index in [2.05, 4.69) is 44.7 Å². The Morgan fingerprint density at radius 2 is 1.93 bits per heavy atom. The predicted molar refractivity (Wildman–Crippen MR) is 109 cm³/mol. The van der Waals surface area contributed by atoms with E-state index in [-0.39, 0.29) is 0 Å². The number of allylic oxidation sites excluding steroid dienone is 2. The lowest BCUT2D eigenvalue weighted by atomic mass is 10.1. The molecule has 1 aromatic carbocycles. The standard InChI is InChI=1S/C22H25N5O/c1-16-23-19-9-3-2-8-18(19)22-14-17(24-27(16)22)15-28-25-20-10-4-5-11-21(20)26-12-6-7-13-26/h2-3,8-11,14,25H,4-7,12-13,15H2,1H3. The first-order valence-corrected chi connectivity index (χ1v) is 10.1. The highest BCUT2D eigenvalue weighted by atomic mass is 16.6. The number of aryl methyl sites for hydroxylation is 1. The Morgan fingerprint density at radius 3 is 2.82 bits per heavy atom. The van der Waals surface area contributed by atoms with Gasteiger partial charge in [0, 0.05) is 18.5 Å². The van der Waals surface area contributed by atoms with Gasteiger partial charge in [0.15, 0.2) is 0 Å². The Labute approximate surface area is 164 Å². The molecule has 6 nitrogen and oxygen atoms in total. The number of fused-ring (bicyclic) bond motifs is 3. The zero-order valence-corrected chi connectivity index (χ0v) is 16.2. The maximum absolute atomic E-state index is 5.85. The first kappa shape index (κ1) is 17.3. The lowest BCUT2D eigenvalue weighted by Crippen LogP contribution is -2.27. The van der Waals surface area contributed by atoms with Crippen molar-refractivity contribution in [2.45, 2.75) is 39.2 Å². The largest absolute Gasteiger partial charge is 0.370 e. The number of nitrogens with zero attached hydrogens (tertiary/aromatic N) is 4. The second-order valence-corrected chi connectivity index (χ2v) is 7.48. The van der Waals surface area contributed by atoms with E-state index in [1.54, 1.807) is 0 Å². The van der Waals surface area contributed by atoms with Gasteiger partial charge in [0.25, 0.3) is 0 Å². The van der Waals surface area contributed by atoms with Crippen LogP contribution in [0, 0.1) is 6.92 Å². The summed E-state index contributed by atoms with van der Waals surface area (Å²) in [5.74, 6) is 0.877. The van der Waals surface area contributed by atoms with Gasteiger partial charge in [-0.05, 0) is 44.7 Å². The summed E-state index contributed by atoms with van der Waals surface area (Å²) in [4.78, 5) is 12.9. The lowest BCUT2D eigenvalue weighted by Gasteiger charge is -2.26. The number of nitrogens with one attached hydrogen (secondary N) is 1. The fraction of sp³-hybridized carbons (Fsp3) is 0.364. The van der Waals surface area contributed by atoms with Gasteiger partial charge in [0.05, 0.1) is 28.1 Å². The van der Waals surface area contributed by atoms with Gasteiger partial charge < -0.3 is 4.90 Å². The number of hydroxylamine groups is 1. The number of aromatic nitrogens is 3. The third-order valence-corrected chi connectivity index (χ3v) is 5.51. The molecular weight excluding hydrogens is 350 g/mol. The maximum Gasteiger partial charge on any atom is 0.128 e. The van der Waals surface area contributed by atoms with E-state index in [1.165, 1.54) is 18.5 Å². The summed E-state index contributed by atoms with van der Waals surface area (Å²) in [6.07, 6.45) is 9.25. The van der Waals surface area contributed by atoms with Crippen molar-refractivity contribution in [1.29, 1.82) is 0 Å². The summed E-state index contributed by atoms with van der Waals surface area (Å²) in [5, 5.41) is 5.79. The van der Waals surface area contributed by atoms with Crippen LogP contribution in [0.2, 0.25) is 0 Å². The quantitative estimate of drug-likeness (QED) is 0.686. The normalized spacial score (nSPS) is 17.2. The highest BCUT2D eigenvalue weighted by molar-refractivity contribution is 5.93. The molecule has 0 spiro atoms. The van der Waals surface area contributed by atoms with Gasteiger partial charge in [-0.25, -0.2) is 9.50 Å². The molecule has 0 radical (unpaired) electrons. The number of likely N-dealkylation sites (tertiary alicyclic amines) is 1. The Morgan fingerprint density at radius 1 is 1.11 bits per heavy atom. The summed E-state index contributed by atoms with van der Waals surface area (Å²) in [7, 11) is 0. The fourth-order valence-corrected chi connectivity index (χ4v) is 4.15. The smallest absolute Gasteiger partial charge is 0.128 e. The first-order valence-electron chi connectivity index (χ1n) is 10.1. The van der Waals surface area contributed by atoms with Gasteiger partial charge in [-0.3, -0.25) is 10.3 Å². The van der Waals surface area contributed by atoms with Crippen molar-refractivity contribution in [3.63, 3.8) is 0 Å². The SMILES string of the molecule is Cc1nc2ccccc2c2cc(CONC3=CCCC=C3N3CCCC3)nn12. The molecule has 3 aromatic rings. The molecule has 1 aliphatic carbocycles. The molecule has 2 aliphatic rings. The first-order chi connectivity index (χ1) is 13.8. The van der Waals surface area contributed by atoms with Crippen LogP contribution in [0.1, 0.15) is 37.2 Å². The molecule has 0 amide bonds. The average Bonchev–Trinajstić information content (AvgIpc) is 3.39. The molecule has 1 aliphatic heterocycles. The molecule has 0 unspecified atom stereocenters. The summed E-state index contributed by atoms with van der Waals surface area (Å²) < 4.78 is 1.90. The molecule has 0 atom stereocenters. The minimum atomic E-state index is 0.403. The molecule has 5 rings (SSSR count). The van der Waals surface area contributed by atoms with E-state index in [1.807, 2.05) is 29.6 Å². The highest BCUT2D eigenvalue weighted by Gasteiger charge is 2.20. The summed E-state index contributed by atoms with van der Waals surface area (Å²) in [6.45, 7) is 4.66. The summed E-state index contributed by atoms with van der Waals surface area (Å²) in [5.41, 5.74) is 8.49. The maximum atomic E-state index is 5.85. The van der Waals surface area contributed by atoms with Crippen LogP contribution in [-0.2, 0) is 11.4 Å². The van der Waals surface area contributed by atoms with Crippen LogP contribution < -0.4 is 5.48 Å². The zero-order chi connectivity index (χ0) is 18.9. The van der Waals surface area contributed by atoms with E-state index in [9.17, 15) is 0 Å². The van der Waals surface area contributed by atoms with Crippen molar-refractivity contribution in [3.05, 3.63) is 65.4 Å². The van der Waals surface area contributed by atoms with Gasteiger partial charge in [-0.1, -0.05) is 30.4 Å². The number of rotatable bonds is 5. The van der Waals surface area contributed by atoms with Crippen LogP contribution in [0.3, 0.4) is 0 Å². The van der Waals surface area contributed by atoms with Crippen LogP contribution in [0.15, 0.2) is 53.9 Å². The predicted octanol–water partition coefficient (Wildman–Crippen LogP) is 3.87.